The maximum atomic E-state index is 12.0. The van der Waals surface area contributed by atoms with Crippen molar-refractivity contribution in [3.05, 3.63) is 46.4 Å². The SMILES string of the molecule is CCC(NC(=O)CCc1ccccc1N)c1nccs1. The molecule has 0 saturated heterocycles. The van der Waals surface area contributed by atoms with Crippen LogP contribution in [0.2, 0.25) is 0 Å². The van der Waals surface area contributed by atoms with Crippen LogP contribution in [-0.2, 0) is 11.2 Å². The van der Waals surface area contributed by atoms with Gasteiger partial charge in [0.15, 0.2) is 0 Å². The number of anilines is 1. The number of hydrogen-bond donors (Lipinski definition) is 2. The van der Waals surface area contributed by atoms with Crippen LogP contribution in [-0.4, -0.2) is 10.9 Å². The highest BCUT2D eigenvalue weighted by molar-refractivity contribution is 7.09. The number of para-hydroxylation sites is 1. The van der Waals surface area contributed by atoms with Crippen LogP contribution < -0.4 is 11.1 Å². The van der Waals surface area contributed by atoms with Gasteiger partial charge in [-0.05, 0) is 24.5 Å². The quantitative estimate of drug-likeness (QED) is 0.803. The zero-order chi connectivity index (χ0) is 14.4. The molecule has 0 saturated carbocycles. The third-order valence-corrected chi connectivity index (χ3v) is 4.06. The Hall–Kier alpha value is -1.88. The van der Waals surface area contributed by atoms with Crippen LogP contribution in [0.1, 0.15) is 36.4 Å². The van der Waals surface area contributed by atoms with Crippen molar-refractivity contribution in [1.29, 1.82) is 0 Å². The number of carbonyl (C=O) groups excluding carboxylic acids is 1. The fraction of sp³-hybridized carbons (Fsp3) is 0.333. The van der Waals surface area contributed by atoms with Crippen LogP contribution >= 0.6 is 11.3 Å². The average molecular weight is 289 g/mol. The summed E-state index contributed by atoms with van der Waals surface area (Å²) < 4.78 is 0. The van der Waals surface area contributed by atoms with Crippen LogP contribution in [0.15, 0.2) is 35.8 Å². The lowest BCUT2D eigenvalue weighted by atomic mass is 10.1. The van der Waals surface area contributed by atoms with Crippen LogP contribution in [0.25, 0.3) is 0 Å². The van der Waals surface area contributed by atoms with Crippen molar-refractivity contribution in [2.24, 2.45) is 0 Å². The molecule has 0 aliphatic rings. The maximum Gasteiger partial charge on any atom is 0.220 e. The van der Waals surface area contributed by atoms with E-state index in [1.165, 1.54) is 0 Å². The Labute approximate surface area is 123 Å². The molecule has 4 nitrogen and oxygen atoms in total. The first kappa shape index (κ1) is 14.5. The van der Waals surface area contributed by atoms with E-state index in [2.05, 4.69) is 10.3 Å². The molecule has 0 radical (unpaired) electrons. The summed E-state index contributed by atoms with van der Waals surface area (Å²) >= 11 is 1.57. The lowest BCUT2D eigenvalue weighted by Gasteiger charge is -2.14. The van der Waals surface area contributed by atoms with Gasteiger partial charge in [0.1, 0.15) is 5.01 Å². The molecule has 5 heteroatoms. The number of nitrogens with two attached hydrogens (primary N) is 1. The first-order valence-electron chi connectivity index (χ1n) is 6.72. The molecule has 0 aliphatic heterocycles. The third-order valence-electron chi connectivity index (χ3n) is 3.17. The Balaban J connectivity index is 1.88. The molecule has 2 rings (SSSR count). The maximum absolute atomic E-state index is 12.0. The summed E-state index contributed by atoms with van der Waals surface area (Å²) in [4.78, 5) is 16.3. The lowest BCUT2D eigenvalue weighted by Crippen LogP contribution is -2.28. The number of aryl methyl sites for hydroxylation is 1. The van der Waals surface area contributed by atoms with E-state index in [-0.39, 0.29) is 11.9 Å². The molecule has 1 heterocycles. The van der Waals surface area contributed by atoms with Crippen LogP contribution in [0.3, 0.4) is 0 Å². The highest BCUT2D eigenvalue weighted by atomic mass is 32.1. The van der Waals surface area contributed by atoms with Crippen LogP contribution in [0, 0.1) is 0 Å². The van der Waals surface area contributed by atoms with Crippen molar-refractivity contribution in [3.8, 4) is 0 Å². The topological polar surface area (TPSA) is 68.0 Å². The van der Waals surface area contributed by atoms with E-state index in [1.54, 1.807) is 17.5 Å². The average Bonchev–Trinajstić information content (AvgIpc) is 2.98. The van der Waals surface area contributed by atoms with E-state index in [1.807, 2.05) is 36.6 Å². The molecule has 2 aromatic rings. The molecule has 20 heavy (non-hydrogen) atoms. The van der Waals surface area contributed by atoms with Gasteiger partial charge in [0.05, 0.1) is 6.04 Å². The summed E-state index contributed by atoms with van der Waals surface area (Å²) in [5.74, 6) is 0.0373. The van der Waals surface area contributed by atoms with Crippen molar-refractivity contribution in [2.75, 3.05) is 5.73 Å². The zero-order valence-corrected chi connectivity index (χ0v) is 12.3. The van der Waals surface area contributed by atoms with Gasteiger partial charge >= 0.3 is 0 Å². The van der Waals surface area contributed by atoms with E-state index in [9.17, 15) is 4.79 Å². The summed E-state index contributed by atoms with van der Waals surface area (Å²) in [6.45, 7) is 2.04. The molecular weight excluding hydrogens is 270 g/mol. The van der Waals surface area contributed by atoms with Crippen molar-refractivity contribution < 1.29 is 4.79 Å². The minimum Gasteiger partial charge on any atom is -0.399 e. The number of thiazole rings is 1. The second-order valence-electron chi connectivity index (χ2n) is 4.60. The number of nitrogens with one attached hydrogen (secondary N) is 1. The molecule has 0 spiro atoms. The molecule has 3 N–H and O–H groups in total. The van der Waals surface area contributed by atoms with Gasteiger partial charge in [0.2, 0.25) is 5.91 Å². The van der Waals surface area contributed by atoms with E-state index in [0.29, 0.717) is 12.8 Å². The van der Waals surface area contributed by atoms with E-state index >= 15 is 0 Å². The minimum absolute atomic E-state index is 0.00983. The van der Waals surface area contributed by atoms with Gasteiger partial charge in [-0.3, -0.25) is 4.79 Å². The lowest BCUT2D eigenvalue weighted by molar-refractivity contribution is -0.121. The summed E-state index contributed by atoms with van der Waals surface area (Å²) in [6.07, 6.45) is 3.70. The molecule has 1 unspecified atom stereocenters. The van der Waals surface area contributed by atoms with Gasteiger partial charge in [0, 0.05) is 23.7 Å². The largest absolute Gasteiger partial charge is 0.399 e. The van der Waals surface area contributed by atoms with Crippen LogP contribution in [0.5, 0.6) is 0 Å². The van der Waals surface area contributed by atoms with E-state index in [4.69, 9.17) is 5.73 Å². The number of amides is 1. The zero-order valence-electron chi connectivity index (χ0n) is 11.5. The molecule has 1 amide bonds. The molecular formula is C15H19N3OS. The first-order valence-corrected chi connectivity index (χ1v) is 7.60. The van der Waals surface area contributed by atoms with Crippen molar-refractivity contribution >= 4 is 22.9 Å². The predicted octanol–water partition coefficient (Wildman–Crippen LogP) is 2.93. The Morgan fingerprint density at radius 2 is 2.25 bits per heavy atom. The van der Waals surface area contributed by atoms with Crippen molar-refractivity contribution in [1.82, 2.24) is 10.3 Å². The number of benzene rings is 1. The summed E-state index contributed by atoms with van der Waals surface area (Å²) in [7, 11) is 0. The van der Waals surface area contributed by atoms with Gasteiger partial charge < -0.3 is 11.1 Å². The number of carbonyl (C=O) groups is 1. The number of nitrogens with zero attached hydrogens (tertiary/aromatic N) is 1. The Kier molecular flexibility index (Phi) is 5.12. The van der Waals surface area contributed by atoms with Gasteiger partial charge in [-0.15, -0.1) is 11.3 Å². The molecule has 0 aliphatic carbocycles. The Morgan fingerprint density at radius 1 is 1.45 bits per heavy atom. The molecule has 1 atom stereocenters. The van der Waals surface area contributed by atoms with Gasteiger partial charge in [0.25, 0.3) is 0 Å². The normalized spacial score (nSPS) is 12.1. The molecule has 1 aromatic carbocycles. The number of rotatable bonds is 6. The number of aromatic nitrogens is 1. The molecule has 0 bridgehead atoms. The number of nitrogen functional groups attached to an aromatic ring is 1. The Morgan fingerprint density at radius 3 is 2.90 bits per heavy atom. The van der Waals surface area contributed by atoms with Crippen molar-refractivity contribution in [3.63, 3.8) is 0 Å². The standard InChI is InChI=1S/C15H19N3OS/c1-2-13(15-17-9-10-20-15)18-14(19)8-7-11-5-3-4-6-12(11)16/h3-6,9-10,13H,2,7-8,16H2,1H3,(H,18,19). The fourth-order valence-electron chi connectivity index (χ4n) is 2.02. The van der Waals surface area contributed by atoms with E-state index in [0.717, 1.165) is 22.7 Å². The van der Waals surface area contributed by atoms with Crippen molar-refractivity contribution in [2.45, 2.75) is 32.2 Å². The highest BCUT2D eigenvalue weighted by Gasteiger charge is 2.14. The van der Waals surface area contributed by atoms with E-state index < -0.39 is 0 Å². The predicted molar refractivity (Wildman–Crippen MR) is 82.5 cm³/mol. The third kappa shape index (κ3) is 3.81. The summed E-state index contributed by atoms with van der Waals surface area (Å²) in [5, 5.41) is 5.91. The highest BCUT2D eigenvalue weighted by Crippen LogP contribution is 2.19. The van der Waals surface area contributed by atoms with Gasteiger partial charge in [-0.1, -0.05) is 25.1 Å². The second-order valence-corrected chi connectivity index (χ2v) is 5.52. The minimum atomic E-state index is 0.00983. The summed E-state index contributed by atoms with van der Waals surface area (Å²) in [5.41, 5.74) is 7.63. The second kappa shape index (κ2) is 7.05. The molecule has 0 fully saturated rings. The Bertz CT molecular complexity index is 554. The van der Waals surface area contributed by atoms with Crippen LogP contribution in [0.4, 0.5) is 5.69 Å². The van der Waals surface area contributed by atoms with Gasteiger partial charge in [-0.2, -0.15) is 0 Å². The fourth-order valence-corrected chi connectivity index (χ4v) is 2.79. The molecule has 106 valence electrons. The van der Waals surface area contributed by atoms with Gasteiger partial charge in [-0.25, -0.2) is 4.98 Å². The smallest absolute Gasteiger partial charge is 0.220 e. The first-order chi connectivity index (χ1) is 9.70. The monoisotopic (exact) mass is 289 g/mol. The molecule has 1 aromatic heterocycles. The summed E-state index contributed by atoms with van der Waals surface area (Å²) in [6, 6.07) is 7.66. The number of hydrogen-bond acceptors (Lipinski definition) is 4.